The molecule has 2 aliphatic rings. The predicted molar refractivity (Wildman–Crippen MR) is 83.8 cm³/mol. The molecule has 1 amide bonds. The number of aromatic nitrogens is 2. The van der Waals surface area contributed by atoms with Crippen molar-refractivity contribution in [2.45, 2.75) is 32.2 Å². The molecule has 0 fully saturated rings. The SMILES string of the molecule is O=C(NCc1ccc2c(c1)OCCCO2)c1n[nH]c2c1CCC2. The van der Waals surface area contributed by atoms with Crippen molar-refractivity contribution in [2.75, 3.05) is 13.2 Å². The van der Waals surface area contributed by atoms with Gasteiger partial charge in [-0.3, -0.25) is 9.89 Å². The van der Waals surface area contributed by atoms with Crippen molar-refractivity contribution in [3.05, 3.63) is 40.7 Å². The van der Waals surface area contributed by atoms with Crippen LogP contribution in [0.5, 0.6) is 11.5 Å². The fraction of sp³-hybridized carbons (Fsp3) is 0.412. The molecule has 0 bridgehead atoms. The number of benzene rings is 1. The second-order valence-electron chi connectivity index (χ2n) is 5.90. The molecule has 1 aliphatic carbocycles. The summed E-state index contributed by atoms with van der Waals surface area (Å²) >= 11 is 0. The van der Waals surface area contributed by atoms with Gasteiger partial charge in [-0.2, -0.15) is 5.10 Å². The van der Waals surface area contributed by atoms with Gasteiger partial charge in [0.2, 0.25) is 0 Å². The summed E-state index contributed by atoms with van der Waals surface area (Å²) in [4.78, 5) is 12.3. The number of amides is 1. The number of carbonyl (C=O) groups is 1. The van der Waals surface area contributed by atoms with Crippen molar-refractivity contribution in [3.63, 3.8) is 0 Å². The van der Waals surface area contributed by atoms with Crippen LogP contribution in [0.2, 0.25) is 0 Å². The highest BCUT2D eigenvalue weighted by Gasteiger charge is 2.22. The molecule has 120 valence electrons. The molecule has 0 saturated carbocycles. The summed E-state index contributed by atoms with van der Waals surface area (Å²) < 4.78 is 11.3. The van der Waals surface area contributed by atoms with E-state index in [1.807, 2.05) is 18.2 Å². The zero-order valence-corrected chi connectivity index (χ0v) is 12.9. The lowest BCUT2D eigenvalue weighted by Gasteiger charge is -2.10. The zero-order chi connectivity index (χ0) is 15.6. The Kier molecular flexibility index (Phi) is 3.65. The highest BCUT2D eigenvalue weighted by molar-refractivity contribution is 5.94. The van der Waals surface area contributed by atoms with Gasteiger partial charge in [-0.25, -0.2) is 0 Å². The zero-order valence-electron chi connectivity index (χ0n) is 12.9. The van der Waals surface area contributed by atoms with Crippen molar-refractivity contribution in [1.29, 1.82) is 0 Å². The van der Waals surface area contributed by atoms with Crippen LogP contribution in [0.15, 0.2) is 18.2 Å². The van der Waals surface area contributed by atoms with Gasteiger partial charge in [0.05, 0.1) is 13.2 Å². The Balaban J connectivity index is 1.44. The lowest BCUT2D eigenvalue weighted by molar-refractivity contribution is 0.0945. The van der Waals surface area contributed by atoms with E-state index in [0.29, 0.717) is 25.5 Å². The fourth-order valence-corrected chi connectivity index (χ4v) is 3.09. The molecule has 2 heterocycles. The van der Waals surface area contributed by atoms with Crippen molar-refractivity contribution < 1.29 is 14.3 Å². The summed E-state index contributed by atoms with van der Waals surface area (Å²) in [7, 11) is 0. The van der Waals surface area contributed by atoms with Gasteiger partial charge in [-0.05, 0) is 37.0 Å². The summed E-state index contributed by atoms with van der Waals surface area (Å²) in [5, 5.41) is 10.1. The highest BCUT2D eigenvalue weighted by atomic mass is 16.5. The van der Waals surface area contributed by atoms with Crippen LogP contribution in [0.1, 0.15) is 40.2 Å². The number of H-pyrrole nitrogens is 1. The largest absolute Gasteiger partial charge is 0.490 e. The lowest BCUT2D eigenvalue weighted by atomic mass is 10.1. The number of nitrogens with one attached hydrogen (secondary N) is 2. The number of hydrogen-bond acceptors (Lipinski definition) is 4. The maximum Gasteiger partial charge on any atom is 0.272 e. The van der Waals surface area contributed by atoms with E-state index in [-0.39, 0.29) is 5.91 Å². The fourth-order valence-electron chi connectivity index (χ4n) is 3.09. The molecule has 1 aliphatic heterocycles. The average molecular weight is 313 g/mol. The van der Waals surface area contributed by atoms with E-state index in [4.69, 9.17) is 9.47 Å². The first kappa shape index (κ1) is 14.1. The minimum Gasteiger partial charge on any atom is -0.490 e. The van der Waals surface area contributed by atoms with E-state index >= 15 is 0 Å². The third kappa shape index (κ3) is 2.76. The first-order chi connectivity index (χ1) is 11.3. The molecule has 0 unspecified atom stereocenters. The number of ether oxygens (including phenoxy) is 2. The quantitative estimate of drug-likeness (QED) is 0.908. The summed E-state index contributed by atoms with van der Waals surface area (Å²) in [6.45, 7) is 1.77. The second kappa shape index (κ2) is 5.95. The van der Waals surface area contributed by atoms with Crippen LogP contribution < -0.4 is 14.8 Å². The molecule has 2 aromatic rings. The molecule has 1 aromatic heterocycles. The van der Waals surface area contributed by atoms with Crippen LogP contribution in [0, 0.1) is 0 Å². The van der Waals surface area contributed by atoms with Crippen LogP contribution in [-0.2, 0) is 19.4 Å². The Morgan fingerprint density at radius 3 is 2.96 bits per heavy atom. The van der Waals surface area contributed by atoms with Gasteiger partial charge in [-0.1, -0.05) is 6.07 Å². The summed E-state index contributed by atoms with van der Waals surface area (Å²) in [5.41, 5.74) is 3.69. The molecule has 0 atom stereocenters. The van der Waals surface area contributed by atoms with Gasteiger partial charge in [0, 0.05) is 24.2 Å². The van der Waals surface area contributed by atoms with Gasteiger partial charge in [0.1, 0.15) is 0 Å². The minimum atomic E-state index is -0.128. The maximum absolute atomic E-state index is 12.3. The van der Waals surface area contributed by atoms with Crippen molar-refractivity contribution >= 4 is 5.91 Å². The number of carbonyl (C=O) groups excluding carboxylic acids is 1. The van der Waals surface area contributed by atoms with E-state index in [1.165, 1.54) is 0 Å². The molecule has 0 radical (unpaired) electrons. The van der Waals surface area contributed by atoms with E-state index in [2.05, 4.69) is 15.5 Å². The minimum absolute atomic E-state index is 0.128. The predicted octanol–water partition coefficient (Wildman–Crippen LogP) is 1.99. The van der Waals surface area contributed by atoms with Crippen LogP contribution in [0.25, 0.3) is 0 Å². The topological polar surface area (TPSA) is 76.2 Å². The summed E-state index contributed by atoms with van der Waals surface area (Å²) in [6, 6.07) is 5.77. The molecular weight excluding hydrogens is 294 g/mol. The van der Waals surface area contributed by atoms with E-state index in [1.54, 1.807) is 0 Å². The Labute approximate surface area is 134 Å². The van der Waals surface area contributed by atoms with Crippen LogP contribution >= 0.6 is 0 Å². The molecule has 1 aromatic carbocycles. The van der Waals surface area contributed by atoms with Gasteiger partial charge in [0.25, 0.3) is 5.91 Å². The maximum atomic E-state index is 12.3. The first-order valence-corrected chi connectivity index (χ1v) is 8.04. The van der Waals surface area contributed by atoms with Gasteiger partial charge in [-0.15, -0.1) is 0 Å². The van der Waals surface area contributed by atoms with Crippen molar-refractivity contribution in [2.24, 2.45) is 0 Å². The second-order valence-corrected chi connectivity index (χ2v) is 5.90. The molecule has 0 saturated heterocycles. The monoisotopic (exact) mass is 313 g/mol. The highest BCUT2D eigenvalue weighted by Crippen LogP contribution is 2.30. The molecule has 0 spiro atoms. The molecular formula is C17H19N3O3. The van der Waals surface area contributed by atoms with Gasteiger partial charge in [0.15, 0.2) is 17.2 Å². The molecule has 6 nitrogen and oxygen atoms in total. The van der Waals surface area contributed by atoms with E-state index in [9.17, 15) is 4.79 Å². The smallest absolute Gasteiger partial charge is 0.272 e. The van der Waals surface area contributed by atoms with Crippen LogP contribution in [-0.4, -0.2) is 29.3 Å². The first-order valence-electron chi connectivity index (χ1n) is 8.04. The van der Waals surface area contributed by atoms with E-state index < -0.39 is 0 Å². The van der Waals surface area contributed by atoms with Crippen molar-refractivity contribution in [3.8, 4) is 11.5 Å². The Hall–Kier alpha value is -2.50. The number of hydrogen-bond donors (Lipinski definition) is 2. The Bertz CT molecular complexity index is 739. The standard InChI is InChI=1S/C17H19N3O3/c21-17(16-12-3-1-4-13(12)19-20-16)18-10-11-5-6-14-15(9-11)23-8-2-7-22-14/h5-6,9H,1-4,7-8,10H2,(H,18,21)(H,19,20). The Morgan fingerprint density at radius 2 is 2.04 bits per heavy atom. The van der Waals surface area contributed by atoms with E-state index in [0.717, 1.165) is 54.0 Å². The molecule has 6 heteroatoms. The number of aryl methyl sites for hydroxylation is 1. The van der Waals surface area contributed by atoms with Crippen LogP contribution in [0.4, 0.5) is 0 Å². The third-order valence-corrected chi connectivity index (χ3v) is 4.29. The summed E-state index contributed by atoms with van der Waals surface area (Å²) in [5.74, 6) is 1.38. The number of fused-ring (bicyclic) bond motifs is 2. The third-order valence-electron chi connectivity index (χ3n) is 4.29. The van der Waals surface area contributed by atoms with Crippen molar-refractivity contribution in [1.82, 2.24) is 15.5 Å². The normalized spacial score (nSPS) is 15.8. The van der Waals surface area contributed by atoms with Gasteiger partial charge >= 0.3 is 0 Å². The average Bonchev–Trinajstić information content (AvgIpc) is 3.09. The van der Waals surface area contributed by atoms with Gasteiger partial charge < -0.3 is 14.8 Å². The number of nitrogens with zero attached hydrogens (tertiary/aromatic N) is 1. The Morgan fingerprint density at radius 1 is 1.17 bits per heavy atom. The number of rotatable bonds is 3. The molecule has 4 rings (SSSR count). The molecule has 23 heavy (non-hydrogen) atoms. The van der Waals surface area contributed by atoms with Crippen LogP contribution in [0.3, 0.4) is 0 Å². The number of aromatic amines is 1. The summed E-state index contributed by atoms with van der Waals surface area (Å²) in [6.07, 6.45) is 3.88. The molecule has 2 N–H and O–H groups in total. The lowest BCUT2D eigenvalue weighted by Crippen LogP contribution is -2.24.